The predicted molar refractivity (Wildman–Crippen MR) is 88.5 cm³/mol. The second kappa shape index (κ2) is 6.61. The van der Waals surface area contributed by atoms with E-state index in [2.05, 4.69) is 43.6 Å². The molecule has 3 heteroatoms. The number of benzene rings is 1. The number of hydrogen-bond donors (Lipinski definition) is 1. The Morgan fingerprint density at radius 3 is 2.90 bits per heavy atom. The molecule has 1 aromatic carbocycles. The van der Waals surface area contributed by atoms with Crippen LogP contribution in [0.15, 0.2) is 24.3 Å². The van der Waals surface area contributed by atoms with E-state index in [0.29, 0.717) is 6.04 Å². The van der Waals surface area contributed by atoms with Crippen LogP contribution in [0.2, 0.25) is 0 Å². The van der Waals surface area contributed by atoms with Crippen molar-refractivity contribution < 1.29 is 0 Å². The molecular formula is C18H27N3. The highest BCUT2D eigenvalue weighted by Gasteiger charge is 2.26. The van der Waals surface area contributed by atoms with Crippen molar-refractivity contribution in [2.75, 3.05) is 6.54 Å². The Balaban J connectivity index is 1.79. The van der Waals surface area contributed by atoms with Crippen molar-refractivity contribution in [3.8, 4) is 0 Å². The monoisotopic (exact) mass is 285 g/mol. The first kappa shape index (κ1) is 14.6. The van der Waals surface area contributed by atoms with Gasteiger partial charge in [0.2, 0.25) is 0 Å². The van der Waals surface area contributed by atoms with E-state index in [1.54, 1.807) is 0 Å². The van der Waals surface area contributed by atoms with Crippen LogP contribution in [0.25, 0.3) is 10.9 Å². The minimum Gasteiger partial charge on any atom is -0.314 e. The topological polar surface area (TPSA) is 29.9 Å². The Hall–Kier alpha value is -1.35. The summed E-state index contributed by atoms with van der Waals surface area (Å²) in [7, 11) is 2.06. The molecule has 1 aliphatic rings. The van der Waals surface area contributed by atoms with Gasteiger partial charge in [-0.25, -0.2) is 0 Å². The van der Waals surface area contributed by atoms with Crippen LogP contribution in [0.1, 0.15) is 44.7 Å². The Kier molecular flexibility index (Phi) is 4.59. The number of fused-ring (bicyclic) bond motifs is 1. The molecule has 1 aliphatic carbocycles. The van der Waals surface area contributed by atoms with Crippen LogP contribution in [0.5, 0.6) is 0 Å². The Bertz CT molecular complexity index is 587. The quantitative estimate of drug-likeness (QED) is 0.908. The molecule has 1 aromatic heterocycles. The molecule has 3 nitrogen and oxygen atoms in total. The molecule has 1 saturated carbocycles. The lowest BCUT2D eigenvalue weighted by Crippen LogP contribution is -2.39. The highest BCUT2D eigenvalue weighted by atomic mass is 15.3. The Morgan fingerprint density at radius 1 is 1.24 bits per heavy atom. The van der Waals surface area contributed by atoms with Crippen molar-refractivity contribution in [2.45, 2.75) is 51.5 Å². The van der Waals surface area contributed by atoms with E-state index in [0.717, 1.165) is 18.9 Å². The van der Waals surface area contributed by atoms with Crippen LogP contribution in [0.4, 0.5) is 0 Å². The SMILES string of the molecule is CCCNC1CCCCC1Cc1nn(C)c2ccccc12. The fourth-order valence-corrected chi connectivity index (χ4v) is 3.74. The molecule has 21 heavy (non-hydrogen) atoms. The van der Waals surface area contributed by atoms with E-state index in [4.69, 9.17) is 5.10 Å². The first-order valence-electron chi connectivity index (χ1n) is 8.43. The zero-order valence-corrected chi connectivity index (χ0v) is 13.3. The summed E-state index contributed by atoms with van der Waals surface area (Å²) in [4.78, 5) is 0. The second-order valence-electron chi connectivity index (χ2n) is 6.40. The second-order valence-corrected chi connectivity index (χ2v) is 6.40. The zero-order chi connectivity index (χ0) is 14.7. The maximum atomic E-state index is 4.79. The van der Waals surface area contributed by atoms with Crippen molar-refractivity contribution in [3.05, 3.63) is 30.0 Å². The summed E-state index contributed by atoms with van der Waals surface area (Å²) in [5, 5.41) is 9.88. The van der Waals surface area contributed by atoms with E-state index in [-0.39, 0.29) is 0 Å². The van der Waals surface area contributed by atoms with Gasteiger partial charge in [-0.15, -0.1) is 0 Å². The summed E-state index contributed by atoms with van der Waals surface area (Å²) in [6.07, 6.45) is 7.75. The highest BCUT2D eigenvalue weighted by molar-refractivity contribution is 5.81. The predicted octanol–water partition coefficient (Wildman–Crippen LogP) is 3.67. The van der Waals surface area contributed by atoms with Crippen LogP contribution < -0.4 is 5.32 Å². The molecule has 2 atom stereocenters. The number of rotatable bonds is 5. The average Bonchev–Trinajstić information content (AvgIpc) is 2.83. The smallest absolute Gasteiger partial charge is 0.0706 e. The van der Waals surface area contributed by atoms with Crippen LogP contribution in [-0.4, -0.2) is 22.4 Å². The van der Waals surface area contributed by atoms with E-state index in [9.17, 15) is 0 Å². The maximum absolute atomic E-state index is 4.79. The standard InChI is InChI=1S/C18H27N3/c1-3-12-19-16-10-6-4-8-14(16)13-17-15-9-5-7-11-18(15)21(2)20-17/h5,7,9,11,14,16,19H,3-4,6,8,10,12-13H2,1-2H3. The number of aromatic nitrogens is 2. The van der Waals surface area contributed by atoms with Crippen molar-refractivity contribution in [2.24, 2.45) is 13.0 Å². The van der Waals surface area contributed by atoms with Gasteiger partial charge in [0.25, 0.3) is 0 Å². The van der Waals surface area contributed by atoms with E-state index < -0.39 is 0 Å². The van der Waals surface area contributed by atoms with Crippen LogP contribution >= 0.6 is 0 Å². The van der Waals surface area contributed by atoms with Gasteiger partial charge in [0.05, 0.1) is 11.2 Å². The molecule has 0 radical (unpaired) electrons. The van der Waals surface area contributed by atoms with Gasteiger partial charge < -0.3 is 5.32 Å². The van der Waals surface area contributed by atoms with Gasteiger partial charge in [-0.1, -0.05) is 38.0 Å². The molecule has 0 saturated heterocycles. The molecule has 1 N–H and O–H groups in total. The van der Waals surface area contributed by atoms with Crippen LogP contribution in [0.3, 0.4) is 0 Å². The minimum atomic E-state index is 0.680. The van der Waals surface area contributed by atoms with Gasteiger partial charge in [-0.3, -0.25) is 4.68 Å². The molecule has 0 amide bonds. The van der Waals surface area contributed by atoms with Crippen molar-refractivity contribution in [1.82, 2.24) is 15.1 Å². The molecule has 114 valence electrons. The van der Waals surface area contributed by atoms with Gasteiger partial charge >= 0.3 is 0 Å². The lowest BCUT2D eigenvalue weighted by molar-refractivity contribution is 0.260. The first-order chi connectivity index (χ1) is 10.3. The number of aryl methyl sites for hydroxylation is 1. The minimum absolute atomic E-state index is 0.680. The van der Waals surface area contributed by atoms with E-state index >= 15 is 0 Å². The molecule has 0 spiro atoms. The molecule has 0 bridgehead atoms. The van der Waals surface area contributed by atoms with Crippen molar-refractivity contribution in [3.63, 3.8) is 0 Å². The zero-order valence-electron chi connectivity index (χ0n) is 13.3. The summed E-state index contributed by atoms with van der Waals surface area (Å²) in [6, 6.07) is 9.29. The summed E-state index contributed by atoms with van der Waals surface area (Å²) < 4.78 is 2.03. The van der Waals surface area contributed by atoms with Crippen molar-refractivity contribution in [1.29, 1.82) is 0 Å². The Morgan fingerprint density at radius 2 is 2.05 bits per heavy atom. The molecular weight excluding hydrogens is 258 g/mol. The molecule has 1 heterocycles. The van der Waals surface area contributed by atoms with Gasteiger partial charge in [-0.2, -0.15) is 5.10 Å². The number of para-hydroxylation sites is 1. The summed E-state index contributed by atoms with van der Waals surface area (Å²) in [6.45, 7) is 3.39. The summed E-state index contributed by atoms with van der Waals surface area (Å²) in [5.41, 5.74) is 2.53. The fraction of sp³-hybridized carbons (Fsp3) is 0.611. The lowest BCUT2D eigenvalue weighted by atomic mass is 9.81. The molecule has 1 fully saturated rings. The summed E-state index contributed by atoms with van der Waals surface area (Å²) in [5.74, 6) is 0.739. The third kappa shape index (κ3) is 3.13. The molecule has 3 rings (SSSR count). The van der Waals surface area contributed by atoms with Crippen LogP contribution in [-0.2, 0) is 13.5 Å². The average molecular weight is 285 g/mol. The third-order valence-corrected chi connectivity index (χ3v) is 4.86. The highest BCUT2D eigenvalue weighted by Crippen LogP contribution is 2.29. The molecule has 0 aliphatic heterocycles. The van der Waals surface area contributed by atoms with E-state index in [1.165, 1.54) is 48.7 Å². The number of nitrogens with one attached hydrogen (secondary N) is 1. The van der Waals surface area contributed by atoms with Gasteiger partial charge in [0.15, 0.2) is 0 Å². The lowest BCUT2D eigenvalue weighted by Gasteiger charge is -2.32. The first-order valence-corrected chi connectivity index (χ1v) is 8.43. The molecule has 2 unspecified atom stereocenters. The fourth-order valence-electron chi connectivity index (χ4n) is 3.74. The Labute approximate surface area is 127 Å². The van der Waals surface area contributed by atoms with Crippen molar-refractivity contribution >= 4 is 10.9 Å². The van der Waals surface area contributed by atoms with E-state index in [1.807, 2.05) is 4.68 Å². The number of hydrogen-bond acceptors (Lipinski definition) is 2. The summed E-state index contributed by atoms with van der Waals surface area (Å²) >= 11 is 0. The molecule has 2 aromatic rings. The van der Waals surface area contributed by atoms with Gasteiger partial charge in [0, 0.05) is 18.5 Å². The third-order valence-electron chi connectivity index (χ3n) is 4.86. The van der Waals surface area contributed by atoms with Gasteiger partial charge in [0.1, 0.15) is 0 Å². The van der Waals surface area contributed by atoms with Gasteiger partial charge in [-0.05, 0) is 44.2 Å². The number of nitrogens with zero attached hydrogens (tertiary/aromatic N) is 2. The largest absolute Gasteiger partial charge is 0.314 e. The maximum Gasteiger partial charge on any atom is 0.0706 e. The van der Waals surface area contributed by atoms with Crippen LogP contribution in [0, 0.1) is 5.92 Å². The normalized spacial score (nSPS) is 22.8.